The molecule has 0 radical (unpaired) electrons. The van der Waals surface area contributed by atoms with Gasteiger partial charge in [-0.1, -0.05) is 49.4 Å². The zero-order valence-corrected chi connectivity index (χ0v) is 17.6. The largest absolute Gasteiger partial charge is 0.434 e. The summed E-state index contributed by atoms with van der Waals surface area (Å²) in [5.74, 6) is 1.39. The maximum atomic E-state index is 11.9. The highest BCUT2D eigenvalue weighted by Crippen LogP contribution is 2.37. The van der Waals surface area contributed by atoms with Gasteiger partial charge in [-0.05, 0) is 54.9 Å². The number of hydrogen-bond donors (Lipinski definition) is 0. The Morgan fingerprint density at radius 2 is 1.74 bits per heavy atom. The number of nitrogens with zero attached hydrogens (tertiary/aromatic N) is 4. The molecule has 2 heterocycles. The number of nitro groups is 1. The molecule has 2 aromatic carbocycles. The van der Waals surface area contributed by atoms with Crippen molar-refractivity contribution < 1.29 is 9.66 Å². The van der Waals surface area contributed by atoms with E-state index in [1.54, 1.807) is 12.1 Å². The molecule has 0 saturated carbocycles. The van der Waals surface area contributed by atoms with Crippen LogP contribution in [0.3, 0.4) is 0 Å². The SMILES string of the molecule is CCc1ccc(Oc2ncnc(N3CCC(Cc4ccccc4)CC3)c2[N+](=O)[O-])cc1. The van der Waals surface area contributed by atoms with E-state index in [4.69, 9.17) is 4.74 Å². The zero-order chi connectivity index (χ0) is 21.6. The molecule has 0 amide bonds. The van der Waals surface area contributed by atoms with E-state index in [0.717, 1.165) is 38.8 Å². The average Bonchev–Trinajstić information content (AvgIpc) is 2.80. The van der Waals surface area contributed by atoms with Crippen LogP contribution in [0.2, 0.25) is 0 Å². The standard InChI is InChI=1S/C24H26N4O3/c1-2-18-8-10-21(11-9-18)31-24-22(28(29)30)23(25-17-26-24)27-14-12-20(13-15-27)16-19-6-4-3-5-7-19/h3-11,17,20H,2,12-16H2,1H3. The van der Waals surface area contributed by atoms with E-state index in [-0.39, 0.29) is 11.6 Å². The van der Waals surface area contributed by atoms with Gasteiger partial charge < -0.3 is 9.64 Å². The Bertz CT molecular complexity index is 1020. The molecule has 4 rings (SSSR count). The quantitative estimate of drug-likeness (QED) is 0.387. The summed E-state index contributed by atoms with van der Waals surface area (Å²) in [7, 11) is 0. The first-order chi connectivity index (χ1) is 15.1. The number of hydrogen-bond acceptors (Lipinski definition) is 6. The number of rotatable bonds is 7. The Balaban J connectivity index is 1.49. The van der Waals surface area contributed by atoms with Gasteiger partial charge in [0, 0.05) is 13.1 Å². The van der Waals surface area contributed by atoms with Gasteiger partial charge in [0.15, 0.2) is 0 Å². The molecule has 1 aromatic heterocycles. The summed E-state index contributed by atoms with van der Waals surface area (Å²) in [6.07, 6.45) is 5.21. The summed E-state index contributed by atoms with van der Waals surface area (Å²) in [5, 5.41) is 11.9. The summed E-state index contributed by atoms with van der Waals surface area (Å²) in [4.78, 5) is 21.8. The topological polar surface area (TPSA) is 81.4 Å². The molecule has 0 N–H and O–H groups in total. The van der Waals surface area contributed by atoms with Crippen LogP contribution >= 0.6 is 0 Å². The average molecular weight is 418 g/mol. The molecule has 31 heavy (non-hydrogen) atoms. The highest BCUT2D eigenvalue weighted by molar-refractivity contribution is 5.63. The van der Waals surface area contributed by atoms with Crippen molar-refractivity contribution in [3.63, 3.8) is 0 Å². The van der Waals surface area contributed by atoms with Crippen LogP contribution in [-0.2, 0) is 12.8 Å². The van der Waals surface area contributed by atoms with E-state index in [2.05, 4.69) is 41.2 Å². The summed E-state index contributed by atoms with van der Waals surface area (Å²) in [6.45, 7) is 3.51. The highest BCUT2D eigenvalue weighted by Gasteiger charge is 2.31. The lowest BCUT2D eigenvalue weighted by atomic mass is 9.90. The summed E-state index contributed by atoms with van der Waals surface area (Å²) < 4.78 is 5.78. The van der Waals surface area contributed by atoms with Crippen molar-refractivity contribution in [2.75, 3.05) is 18.0 Å². The Kier molecular flexibility index (Phi) is 6.40. The van der Waals surface area contributed by atoms with Crippen LogP contribution in [0.15, 0.2) is 60.9 Å². The molecule has 7 heteroatoms. The summed E-state index contributed by atoms with van der Waals surface area (Å²) in [6, 6.07) is 18.0. The molecule has 0 unspecified atom stereocenters. The van der Waals surface area contributed by atoms with E-state index in [0.29, 0.717) is 17.5 Å². The number of anilines is 1. The van der Waals surface area contributed by atoms with E-state index in [9.17, 15) is 10.1 Å². The fourth-order valence-electron chi connectivity index (χ4n) is 4.02. The summed E-state index contributed by atoms with van der Waals surface area (Å²) >= 11 is 0. The molecule has 0 spiro atoms. The normalized spacial score (nSPS) is 14.4. The predicted molar refractivity (Wildman–Crippen MR) is 120 cm³/mol. The Morgan fingerprint density at radius 1 is 1.03 bits per heavy atom. The van der Waals surface area contributed by atoms with Crippen LogP contribution in [0, 0.1) is 16.0 Å². The van der Waals surface area contributed by atoms with Crippen LogP contribution in [-0.4, -0.2) is 28.0 Å². The van der Waals surface area contributed by atoms with E-state index < -0.39 is 4.92 Å². The number of aryl methyl sites for hydroxylation is 1. The molecule has 7 nitrogen and oxygen atoms in total. The molecular formula is C24H26N4O3. The molecule has 160 valence electrons. The minimum Gasteiger partial charge on any atom is -0.434 e. The molecule has 0 atom stereocenters. The molecule has 0 bridgehead atoms. The van der Waals surface area contributed by atoms with Crippen molar-refractivity contribution in [1.82, 2.24) is 9.97 Å². The van der Waals surface area contributed by atoms with Crippen molar-refractivity contribution >= 4 is 11.5 Å². The van der Waals surface area contributed by atoms with Crippen molar-refractivity contribution in [1.29, 1.82) is 0 Å². The smallest absolute Gasteiger partial charge is 0.373 e. The number of ether oxygens (including phenoxy) is 1. The van der Waals surface area contributed by atoms with Crippen molar-refractivity contribution in [3.05, 3.63) is 82.2 Å². The summed E-state index contributed by atoms with van der Waals surface area (Å²) in [5.41, 5.74) is 2.32. The Labute approximate surface area is 181 Å². The van der Waals surface area contributed by atoms with E-state index in [1.165, 1.54) is 17.5 Å². The minimum atomic E-state index is -0.443. The Morgan fingerprint density at radius 3 is 2.39 bits per heavy atom. The van der Waals surface area contributed by atoms with Crippen molar-refractivity contribution in [2.24, 2.45) is 5.92 Å². The third kappa shape index (κ3) is 4.99. The van der Waals surface area contributed by atoms with Crippen LogP contribution in [0.25, 0.3) is 0 Å². The second kappa shape index (κ2) is 9.55. The van der Waals surface area contributed by atoms with Gasteiger partial charge in [0.05, 0.1) is 4.92 Å². The fourth-order valence-corrected chi connectivity index (χ4v) is 4.02. The van der Waals surface area contributed by atoms with Crippen LogP contribution < -0.4 is 9.64 Å². The molecule has 1 aliphatic heterocycles. The van der Waals surface area contributed by atoms with Crippen LogP contribution in [0.5, 0.6) is 11.6 Å². The minimum absolute atomic E-state index is 0.0225. The van der Waals surface area contributed by atoms with Gasteiger partial charge in [-0.25, -0.2) is 4.98 Å². The van der Waals surface area contributed by atoms with Crippen molar-refractivity contribution in [3.8, 4) is 11.6 Å². The first-order valence-corrected chi connectivity index (χ1v) is 10.7. The molecule has 3 aromatic rings. The van der Waals surface area contributed by atoms with Gasteiger partial charge in [-0.15, -0.1) is 0 Å². The first kappa shape index (κ1) is 20.8. The maximum Gasteiger partial charge on any atom is 0.373 e. The maximum absolute atomic E-state index is 11.9. The first-order valence-electron chi connectivity index (χ1n) is 10.7. The van der Waals surface area contributed by atoms with Gasteiger partial charge >= 0.3 is 11.6 Å². The van der Waals surface area contributed by atoms with Gasteiger partial charge in [0.1, 0.15) is 12.1 Å². The molecule has 1 aliphatic rings. The third-order valence-corrected chi connectivity index (χ3v) is 5.78. The van der Waals surface area contributed by atoms with Crippen LogP contribution in [0.1, 0.15) is 30.9 Å². The van der Waals surface area contributed by atoms with Gasteiger partial charge in [-0.3, -0.25) is 10.1 Å². The number of aromatic nitrogens is 2. The third-order valence-electron chi connectivity index (χ3n) is 5.78. The molecule has 1 fully saturated rings. The van der Waals surface area contributed by atoms with E-state index in [1.807, 2.05) is 23.1 Å². The lowest BCUT2D eigenvalue weighted by molar-refractivity contribution is -0.385. The Hall–Kier alpha value is -3.48. The van der Waals surface area contributed by atoms with Crippen LogP contribution in [0.4, 0.5) is 11.5 Å². The lowest BCUT2D eigenvalue weighted by Crippen LogP contribution is -2.35. The molecule has 0 aliphatic carbocycles. The van der Waals surface area contributed by atoms with Gasteiger partial charge in [-0.2, -0.15) is 4.98 Å². The van der Waals surface area contributed by atoms with Gasteiger partial charge in [0.2, 0.25) is 5.82 Å². The number of benzene rings is 2. The highest BCUT2D eigenvalue weighted by atomic mass is 16.6. The predicted octanol–water partition coefficient (Wildman–Crippen LogP) is 5.20. The molecule has 1 saturated heterocycles. The fraction of sp³-hybridized carbons (Fsp3) is 0.333. The second-order valence-electron chi connectivity index (χ2n) is 7.83. The van der Waals surface area contributed by atoms with E-state index >= 15 is 0 Å². The molecular weight excluding hydrogens is 392 g/mol. The number of piperidine rings is 1. The monoisotopic (exact) mass is 418 g/mol. The van der Waals surface area contributed by atoms with Gasteiger partial charge in [0.25, 0.3) is 0 Å². The zero-order valence-electron chi connectivity index (χ0n) is 17.6. The second-order valence-corrected chi connectivity index (χ2v) is 7.83. The lowest BCUT2D eigenvalue weighted by Gasteiger charge is -2.32. The van der Waals surface area contributed by atoms with Crippen molar-refractivity contribution in [2.45, 2.75) is 32.6 Å².